The van der Waals surface area contributed by atoms with Crippen molar-refractivity contribution in [3.8, 4) is 0 Å². The lowest BCUT2D eigenvalue weighted by atomic mass is 9.96. The summed E-state index contributed by atoms with van der Waals surface area (Å²) in [5.74, 6) is -1.68. The van der Waals surface area contributed by atoms with Crippen LogP contribution in [0.3, 0.4) is 0 Å². The summed E-state index contributed by atoms with van der Waals surface area (Å²) < 4.78 is 5.10. The van der Waals surface area contributed by atoms with Crippen molar-refractivity contribution in [1.29, 1.82) is 0 Å². The Bertz CT molecular complexity index is 1220. The quantitative estimate of drug-likeness (QED) is 0.278. The lowest BCUT2D eigenvalue weighted by molar-refractivity contribution is -0.170. The summed E-state index contributed by atoms with van der Waals surface area (Å²) >= 11 is 0. The van der Waals surface area contributed by atoms with Gasteiger partial charge in [-0.15, -0.1) is 0 Å². The molecule has 2 aromatic rings. The van der Waals surface area contributed by atoms with Crippen LogP contribution in [-0.2, 0) is 45.1 Å². The summed E-state index contributed by atoms with van der Waals surface area (Å²) in [6, 6.07) is 0. The number of rotatable bonds is 12. The van der Waals surface area contributed by atoms with E-state index in [0.29, 0.717) is 12.5 Å². The average molecular weight is 589 g/mol. The van der Waals surface area contributed by atoms with E-state index in [1.807, 2.05) is 12.4 Å². The maximum absolute atomic E-state index is 10.3. The molecule has 0 amide bonds. The molecule has 230 valence electrons. The van der Waals surface area contributed by atoms with E-state index in [1.54, 1.807) is 7.11 Å². The Balaban J connectivity index is 0.000000316. The first-order valence-corrected chi connectivity index (χ1v) is 14.0. The van der Waals surface area contributed by atoms with Gasteiger partial charge in [0.25, 0.3) is 0 Å². The number of aliphatic hydroxyl groups is 1. The van der Waals surface area contributed by atoms with E-state index in [0.717, 1.165) is 62.8 Å². The Kier molecular flexibility index (Phi) is 11.6. The summed E-state index contributed by atoms with van der Waals surface area (Å²) in [5, 5.41) is 33.8. The van der Waals surface area contributed by atoms with Crippen molar-refractivity contribution in [3.63, 3.8) is 0 Å². The van der Waals surface area contributed by atoms with Crippen LogP contribution in [0.4, 0.5) is 5.82 Å². The fourth-order valence-corrected chi connectivity index (χ4v) is 4.82. The van der Waals surface area contributed by atoms with Gasteiger partial charge in [0, 0.05) is 75.7 Å². The second-order valence-electron chi connectivity index (χ2n) is 10.9. The van der Waals surface area contributed by atoms with Crippen LogP contribution in [0.2, 0.25) is 0 Å². The van der Waals surface area contributed by atoms with Crippen LogP contribution in [0.5, 0.6) is 0 Å². The molecule has 2 aliphatic rings. The molecule has 0 atom stereocenters. The Morgan fingerprint density at radius 2 is 1.62 bits per heavy atom. The lowest BCUT2D eigenvalue weighted by Crippen LogP contribution is -2.42. The highest BCUT2D eigenvalue weighted by molar-refractivity contribution is 5.88. The predicted molar refractivity (Wildman–Crippen MR) is 150 cm³/mol. The molecule has 0 unspecified atom stereocenters. The summed E-state index contributed by atoms with van der Waals surface area (Å²) in [7, 11) is 1.70. The van der Waals surface area contributed by atoms with Gasteiger partial charge in [0.2, 0.25) is 0 Å². The number of anilines is 1. The Hall–Kier alpha value is -3.75. The van der Waals surface area contributed by atoms with Crippen molar-refractivity contribution in [2.24, 2.45) is 0 Å². The van der Waals surface area contributed by atoms with Crippen LogP contribution in [-0.4, -0.2) is 102 Å². The molecule has 2 aromatic heterocycles. The Labute approximate surface area is 244 Å². The standard InChI is InChI=1S/C22H32N6O.C6H8O7/c1-16(2)21-25-19-15-27(14-17-12-23-20(24-13-17)7-11-29-3)10-6-18(19)22(26-21)28-8-4-5-9-28;7-3(8)1-6(13,5(11)12)2-4(9)10/h12-13,16H,4-11,14-15H2,1-3H3;13H,1-2H2,(H,7,8)(H,9,10)(H,11,12). The zero-order valence-corrected chi connectivity index (χ0v) is 24.3. The second kappa shape index (κ2) is 14.9. The topological polar surface area (TPSA) is 199 Å². The van der Waals surface area contributed by atoms with Gasteiger partial charge in [0.05, 0.1) is 25.1 Å². The number of aromatic nitrogens is 4. The molecule has 0 radical (unpaired) electrons. The number of hydrogen-bond acceptors (Lipinski definition) is 11. The minimum atomic E-state index is -2.74. The largest absolute Gasteiger partial charge is 0.481 e. The zero-order valence-electron chi connectivity index (χ0n) is 24.3. The SMILES string of the molecule is COCCc1ncc(CN2CCc3c(nc(C(C)C)nc3N3CCCC3)C2)cn1.O=C(O)CC(O)(CC(=O)O)C(=O)O. The van der Waals surface area contributed by atoms with Gasteiger partial charge in [0.1, 0.15) is 17.5 Å². The van der Waals surface area contributed by atoms with Crippen LogP contribution >= 0.6 is 0 Å². The van der Waals surface area contributed by atoms with Gasteiger partial charge in [0.15, 0.2) is 5.60 Å². The highest BCUT2D eigenvalue weighted by Crippen LogP contribution is 2.30. The van der Waals surface area contributed by atoms with Crippen LogP contribution in [0.15, 0.2) is 12.4 Å². The summed E-state index contributed by atoms with van der Waals surface area (Å²) in [6.45, 7) is 9.99. The number of carboxylic acid groups (broad SMARTS) is 3. The third-order valence-corrected chi connectivity index (χ3v) is 7.04. The Morgan fingerprint density at radius 3 is 2.14 bits per heavy atom. The average Bonchev–Trinajstić information content (AvgIpc) is 3.46. The fraction of sp³-hybridized carbons (Fsp3) is 0.607. The lowest BCUT2D eigenvalue weighted by Gasteiger charge is -2.31. The molecule has 2 aliphatic heterocycles. The molecule has 14 heteroatoms. The second-order valence-corrected chi connectivity index (χ2v) is 10.9. The van der Waals surface area contributed by atoms with E-state index in [2.05, 4.69) is 33.6 Å². The fourth-order valence-electron chi connectivity index (χ4n) is 4.82. The molecule has 0 bridgehead atoms. The number of methoxy groups -OCH3 is 1. The number of hydrogen-bond donors (Lipinski definition) is 4. The molecule has 0 spiro atoms. The normalized spacial score (nSPS) is 15.2. The van der Waals surface area contributed by atoms with Crippen molar-refractivity contribution in [1.82, 2.24) is 24.8 Å². The van der Waals surface area contributed by atoms with E-state index < -0.39 is 36.4 Å². The van der Waals surface area contributed by atoms with Gasteiger partial charge in [-0.25, -0.2) is 24.7 Å². The van der Waals surface area contributed by atoms with Crippen molar-refractivity contribution in [2.45, 2.75) is 77.0 Å². The van der Waals surface area contributed by atoms with Crippen LogP contribution in [0.25, 0.3) is 0 Å². The molecule has 4 N–H and O–H groups in total. The van der Waals surface area contributed by atoms with Crippen molar-refractivity contribution >= 4 is 23.7 Å². The number of nitrogens with zero attached hydrogens (tertiary/aromatic N) is 6. The summed E-state index contributed by atoms with van der Waals surface area (Å²) in [4.78, 5) is 54.3. The van der Waals surface area contributed by atoms with Gasteiger partial charge in [-0.05, 0) is 19.3 Å². The number of carbonyl (C=O) groups is 3. The number of carboxylic acids is 3. The predicted octanol–water partition coefficient (Wildman–Crippen LogP) is 1.49. The van der Waals surface area contributed by atoms with Crippen LogP contribution < -0.4 is 4.90 Å². The van der Waals surface area contributed by atoms with E-state index in [4.69, 9.17) is 35.1 Å². The van der Waals surface area contributed by atoms with E-state index >= 15 is 0 Å². The first-order chi connectivity index (χ1) is 19.9. The zero-order chi connectivity index (χ0) is 30.9. The molecule has 4 heterocycles. The molecule has 1 fully saturated rings. The monoisotopic (exact) mass is 588 g/mol. The molecule has 4 rings (SSSR count). The molecule has 1 saturated heterocycles. The minimum Gasteiger partial charge on any atom is -0.481 e. The molecule has 0 aromatic carbocycles. The van der Waals surface area contributed by atoms with Gasteiger partial charge in [-0.2, -0.15) is 0 Å². The number of ether oxygens (including phenoxy) is 1. The van der Waals surface area contributed by atoms with Crippen LogP contribution in [0, 0.1) is 0 Å². The van der Waals surface area contributed by atoms with Crippen molar-refractivity contribution < 1.29 is 39.5 Å². The molecule has 42 heavy (non-hydrogen) atoms. The van der Waals surface area contributed by atoms with Gasteiger partial charge < -0.3 is 30.1 Å². The van der Waals surface area contributed by atoms with Gasteiger partial charge >= 0.3 is 17.9 Å². The van der Waals surface area contributed by atoms with Gasteiger partial charge in [-0.3, -0.25) is 14.5 Å². The third kappa shape index (κ3) is 9.13. The third-order valence-electron chi connectivity index (χ3n) is 7.04. The first-order valence-electron chi connectivity index (χ1n) is 14.0. The number of fused-ring (bicyclic) bond motifs is 1. The van der Waals surface area contributed by atoms with E-state index in [9.17, 15) is 14.4 Å². The minimum absolute atomic E-state index is 0.338. The first kappa shape index (κ1) is 32.8. The van der Waals surface area contributed by atoms with E-state index in [-0.39, 0.29) is 0 Å². The highest BCUT2D eigenvalue weighted by Gasteiger charge is 2.40. The summed E-state index contributed by atoms with van der Waals surface area (Å²) in [5.41, 5.74) is 0.971. The maximum Gasteiger partial charge on any atom is 0.336 e. The molecule has 14 nitrogen and oxygen atoms in total. The summed E-state index contributed by atoms with van der Waals surface area (Å²) in [6.07, 6.45) is 5.90. The van der Waals surface area contributed by atoms with E-state index in [1.165, 1.54) is 29.9 Å². The molecule has 0 aliphatic carbocycles. The van der Waals surface area contributed by atoms with Gasteiger partial charge in [-0.1, -0.05) is 13.8 Å². The number of aliphatic carboxylic acids is 3. The molecular weight excluding hydrogens is 548 g/mol. The smallest absolute Gasteiger partial charge is 0.336 e. The van der Waals surface area contributed by atoms with Crippen LogP contribution in [0.1, 0.15) is 73.9 Å². The Morgan fingerprint density at radius 1 is 1.00 bits per heavy atom. The molecule has 0 saturated carbocycles. The van der Waals surface area contributed by atoms with Crippen molar-refractivity contribution in [3.05, 3.63) is 40.9 Å². The maximum atomic E-state index is 10.3. The van der Waals surface area contributed by atoms with Crippen molar-refractivity contribution in [2.75, 3.05) is 38.3 Å². The molecular formula is C28H40N6O8. The highest BCUT2D eigenvalue weighted by atomic mass is 16.5.